The van der Waals surface area contributed by atoms with Crippen LogP contribution in [0.3, 0.4) is 0 Å². The molecule has 3 aromatic rings. The van der Waals surface area contributed by atoms with E-state index < -0.39 is 29.6 Å². The number of benzene rings is 2. The van der Waals surface area contributed by atoms with Crippen molar-refractivity contribution in [3.63, 3.8) is 0 Å². The maximum atomic E-state index is 13.5. The van der Waals surface area contributed by atoms with E-state index in [1.807, 2.05) is 30.3 Å². The Bertz CT molecular complexity index is 983. The number of nitrogens with one attached hydrogen (secondary N) is 2. The van der Waals surface area contributed by atoms with Gasteiger partial charge in [-0.3, -0.25) is 4.79 Å². The average molecular weight is 397 g/mol. The molecule has 1 amide bonds. The van der Waals surface area contributed by atoms with E-state index in [-0.39, 0.29) is 12.2 Å². The zero-order chi connectivity index (χ0) is 20.8. The van der Waals surface area contributed by atoms with Crippen molar-refractivity contribution >= 4 is 11.7 Å². The lowest BCUT2D eigenvalue weighted by atomic mass is 10.1. The van der Waals surface area contributed by atoms with Gasteiger partial charge in [0.25, 0.3) is 5.91 Å². The number of amides is 1. The summed E-state index contributed by atoms with van der Waals surface area (Å²) in [5, 5.41) is 15.6. The van der Waals surface area contributed by atoms with Gasteiger partial charge in [-0.25, -0.2) is 13.8 Å². The zero-order valence-electron chi connectivity index (χ0n) is 15.8. The number of rotatable bonds is 7. The van der Waals surface area contributed by atoms with Crippen LogP contribution in [0.5, 0.6) is 0 Å². The van der Waals surface area contributed by atoms with E-state index in [4.69, 9.17) is 0 Å². The summed E-state index contributed by atoms with van der Waals surface area (Å²) in [4.78, 5) is 17.0. The molecule has 5 nitrogen and oxygen atoms in total. The second kappa shape index (κ2) is 9.25. The maximum Gasteiger partial charge on any atom is 0.255 e. The number of aromatic nitrogens is 1. The van der Waals surface area contributed by atoms with E-state index in [2.05, 4.69) is 15.6 Å². The lowest BCUT2D eigenvalue weighted by molar-refractivity contribution is 0.0940. The first-order chi connectivity index (χ1) is 14.0. The normalized spacial score (nSPS) is 12.8. The van der Waals surface area contributed by atoms with Gasteiger partial charge in [0, 0.05) is 6.20 Å². The number of aliphatic hydroxyl groups is 1. The van der Waals surface area contributed by atoms with Gasteiger partial charge >= 0.3 is 0 Å². The highest BCUT2D eigenvalue weighted by Gasteiger charge is 2.19. The van der Waals surface area contributed by atoms with Gasteiger partial charge in [0.2, 0.25) is 0 Å². The fourth-order valence-corrected chi connectivity index (χ4v) is 2.93. The van der Waals surface area contributed by atoms with Crippen LogP contribution < -0.4 is 10.6 Å². The summed E-state index contributed by atoms with van der Waals surface area (Å²) < 4.78 is 26.6. The van der Waals surface area contributed by atoms with Crippen molar-refractivity contribution in [1.29, 1.82) is 0 Å². The first-order valence-electron chi connectivity index (χ1n) is 9.12. The van der Waals surface area contributed by atoms with E-state index in [0.29, 0.717) is 11.4 Å². The molecule has 1 heterocycles. The molecule has 2 atom stereocenters. The largest absolute Gasteiger partial charge is 0.394 e. The van der Waals surface area contributed by atoms with Gasteiger partial charge in [-0.15, -0.1) is 0 Å². The van der Waals surface area contributed by atoms with Crippen LogP contribution in [-0.2, 0) is 0 Å². The molecule has 0 saturated carbocycles. The van der Waals surface area contributed by atoms with Gasteiger partial charge < -0.3 is 15.7 Å². The number of carbonyl (C=O) groups is 1. The van der Waals surface area contributed by atoms with Gasteiger partial charge in [-0.1, -0.05) is 36.4 Å². The predicted molar refractivity (Wildman–Crippen MR) is 106 cm³/mol. The van der Waals surface area contributed by atoms with Crippen molar-refractivity contribution in [2.75, 3.05) is 11.9 Å². The van der Waals surface area contributed by atoms with Crippen molar-refractivity contribution in [2.24, 2.45) is 0 Å². The molecule has 7 heteroatoms. The Morgan fingerprint density at radius 1 is 1.03 bits per heavy atom. The highest BCUT2D eigenvalue weighted by Crippen LogP contribution is 2.22. The topological polar surface area (TPSA) is 74.2 Å². The number of hydrogen-bond donors (Lipinski definition) is 3. The summed E-state index contributed by atoms with van der Waals surface area (Å²) in [6.45, 7) is 1.49. The van der Waals surface area contributed by atoms with Crippen molar-refractivity contribution in [3.05, 3.63) is 95.2 Å². The molecule has 0 radical (unpaired) electrons. The quantitative estimate of drug-likeness (QED) is 0.564. The Morgan fingerprint density at radius 2 is 1.79 bits per heavy atom. The highest BCUT2D eigenvalue weighted by molar-refractivity contribution is 5.99. The molecule has 150 valence electrons. The van der Waals surface area contributed by atoms with Crippen LogP contribution in [0.25, 0.3) is 0 Å². The van der Waals surface area contributed by atoms with Crippen molar-refractivity contribution in [2.45, 2.75) is 19.0 Å². The summed E-state index contributed by atoms with van der Waals surface area (Å²) in [5.41, 5.74) is 1.56. The second-order valence-corrected chi connectivity index (χ2v) is 6.56. The van der Waals surface area contributed by atoms with Crippen LogP contribution in [-0.4, -0.2) is 22.6 Å². The summed E-state index contributed by atoms with van der Waals surface area (Å²) in [7, 11) is 0. The Morgan fingerprint density at radius 3 is 2.48 bits per heavy atom. The standard InChI is InChI=1S/C22H21F2N3O2/c1-14(16-9-10-18(23)19(24)12-16)26-22(29)17-8-5-11-25-21(17)27-20(13-28)15-6-3-2-4-7-15/h2-12,14,20,28H,13H2,1H3,(H,25,27)(H,26,29)/t14-,20-/m0/s1. The predicted octanol–water partition coefficient (Wildman–Crippen LogP) is 4.00. The number of aliphatic hydroxyl groups excluding tert-OH is 1. The van der Waals surface area contributed by atoms with E-state index in [1.165, 1.54) is 12.3 Å². The molecule has 3 rings (SSSR count). The molecule has 0 bridgehead atoms. The first-order valence-corrected chi connectivity index (χ1v) is 9.12. The minimum absolute atomic E-state index is 0.188. The van der Waals surface area contributed by atoms with Gasteiger partial charge in [0.15, 0.2) is 11.6 Å². The molecular weight excluding hydrogens is 376 g/mol. The van der Waals surface area contributed by atoms with Crippen LogP contribution in [0.15, 0.2) is 66.9 Å². The first kappa shape index (κ1) is 20.4. The summed E-state index contributed by atoms with van der Waals surface area (Å²) in [6.07, 6.45) is 1.54. The van der Waals surface area contributed by atoms with E-state index in [1.54, 1.807) is 19.1 Å². The Hall–Kier alpha value is -3.32. The SMILES string of the molecule is C[C@H](NC(=O)c1cccnc1N[C@@H](CO)c1ccccc1)c1ccc(F)c(F)c1. The molecule has 3 N–H and O–H groups in total. The van der Waals surface area contributed by atoms with Crippen molar-refractivity contribution < 1.29 is 18.7 Å². The minimum atomic E-state index is -0.971. The average Bonchev–Trinajstić information content (AvgIpc) is 2.74. The third kappa shape index (κ3) is 4.94. The molecule has 0 aliphatic heterocycles. The Balaban J connectivity index is 1.78. The molecular formula is C22H21F2N3O2. The number of anilines is 1. The Labute approximate surface area is 167 Å². The second-order valence-electron chi connectivity index (χ2n) is 6.56. The van der Waals surface area contributed by atoms with Crippen LogP contribution in [0, 0.1) is 11.6 Å². The number of nitrogens with zero attached hydrogens (tertiary/aromatic N) is 1. The van der Waals surface area contributed by atoms with E-state index in [0.717, 1.165) is 17.7 Å². The van der Waals surface area contributed by atoms with Crippen molar-refractivity contribution in [3.8, 4) is 0 Å². The minimum Gasteiger partial charge on any atom is -0.394 e. The molecule has 29 heavy (non-hydrogen) atoms. The molecule has 1 aromatic heterocycles. The monoisotopic (exact) mass is 397 g/mol. The molecule has 0 aliphatic carbocycles. The lowest BCUT2D eigenvalue weighted by Gasteiger charge is -2.20. The van der Waals surface area contributed by atoms with Crippen LogP contribution >= 0.6 is 0 Å². The van der Waals surface area contributed by atoms with Gasteiger partial charge in [-0.2, -0.15) is 0 Å². The summed E-state index contributed by atoms with van der Waals surface area (Å²) >= 11 is 0. The number of hydrogen-bond acceptors (Lipinski definition) is 4. The van der Waals surface area contributed by atoms with Gasteiger partial charge in [0.1, 0.15) is 5.82 Å². The Kier molecular flexibility index (Phi) is 6.51. The van der Waals surface area contributed by atoms with Gasteiger partial charge in [0.05, 0.1) is 24.3 Å². The van der Waals surface area contributed by atoms with E-state index in [9.17, 15) is 18.7 Å². The molecule has 0 unspecified atom stereocenters. The van der Waals surface area contributed by atoms with Gasteiger partial charge in [-0.05, 0) is 42.3 Å². The summed E-state index contributed by atoms with van der Waals surface area (Å²) in [6, 6.07) is 15.0. The maximum absolute atomic E-state index is 13.5. The van der Waals surface area contributed by atoms with Crippen LogP contribution in [0.2, 0.25) is 0 Å². The highest BCUT2D eigenvalue weighted by atomic mass is 19.2. The fraction of sp³-hybridized carbons (Fsp3) is 0.182. The molecule has 2 aromatic carbocycles. The third-order valence-electron chi connectivity index (χ3n) is 4.54. The van der Waals surface area contributed by atoms with Crippen LogP contribution in [0.1, 0.15) is 40.5 Å². The molecule has 0 spiro atoms. The third-order valence-corrected chi connectivity index (χ3v) is 4.54. The number of carbonyl (C=O) groups excluding carboxylic acids is 1. The molecule has 0 fully saturated rings. The lowest BCUT2D eigenvalue weighted by Crippen LogP contribution is -2.28. The van der Waals surface area contributed by atoms with Crippen molar-refractivity contribution in [1.82, 2.24) is 10.3 Å². The molecule has 0 saturated heterocycles. The van der Waals surface area contributed by atoms with E-state index >= 15 is 0 Å². The zero-order valence-corrected chi connectivity index (χ0v) is 15.8. The number of halogens is 2. The number of pyridine rings is 1. The fourth-order valence-electron chi connectivity index (χ4n) is 2.93. The van der Waals surface area contributed by atoms with Crippen LogP contribution in [0.4, 0.5) is 14.6 Å². The smallest absolute Gasteiger partial charge is 0.255 e. The summed E-state index contributed by atoms with van der Waals surface area (Å²) in [5.74, 6) is -2.03. The molecule has 0 aliphatic rings.